The van der Waals surface area contributed by atoms with Gasteiger partial charge in [0.25, 0.3) is 0 Å². The molecule has 2 aliphatic rings. The zero-order chi connectivity index (χ0) is 31.0. The highest BCUT2D eigenvalue weighted by Crippen LogP contribution is 2.44. The third-order valence-electron chi connectivity index (χ3n) is 9.61. The second-order valence-corrected chi connectivity index (χ2v) is 12.7. The van der Waals surface area contributed by atoms with Crippen molar-refractivity contribution in [1.82, 2.24) is 0 Å². The van der Waals surface area contributed by atoms with Crippen LogP contribution in [0.5, 0.6) is 0 Å². The van der Waals surface area contributed by atoms with Crippen LogP contribution in [0.15, 0.2) is 48.6 Å². The van der Waals surface area contributed by atoms with Crippen molar-refractivity contribution in [2.45, 2.75) is 89.4 Å². The molecule has 0 bridgehead atoms. The molecule has 1 aromatic rings. The number of hydrogen-bond acceptors (Lipinski definition) is 6. The molecule has 7 heteroatoms. The number of benzene rings is 1. The van der Waals surface area contributed by atoms with E-state index in [9.17, 15) is 14.0 Å². The molecular weight excluding hydrogens is 547 g/mol. The fourth-order valence-electron chi connectivity index (χ4n) is 6.83. The summed E-state index contributed by atoms with van der Waals surface area (Å²) in [4.78, 5) is 24.2. The second kappa shape index (κ2) is 19.0. The lowest BCUT2D eigenvalue weighted by atomic mass is 9.68. The Morgan fingerprint density at radius 1 is 0.884 bits per heavy atom. The Morgan fingerprint density at radius 2 is 1.47 bits per heavy atom. The minimum absolute atomic E-state index is 0.0113. The van der Waals surface area contributed by atoms with Gasteiger partial charge in [-0.25, -0.2) is 9.59 Å². The first-order valence-electron chi connectivity index (χ1n) is 16.3. The maximum atomic E-state index is 12.4. The fraction of sp³-hybridized carbons (Fsp3) is 0.667. The Balaban J connectivity index is 1.45. The summed E-state index contributed by atoms with van der Waals surface area (Å²) in [5.74, 6) is 1.79. The molecule has 0 radical (unpaired) electrons. The molecule has 2 aliphatic carbocycles. The minimum atomic E-state index is -0.653. The van der Waals surface area contributed by atoms with Gasteiger partial charge in [0, 0.05) is 13.0 Å². The number of ether oxygens (including phenoxy) is 3. The number of carbonyl (C=O) groups excluding carboxylic acids is 2. The molecule has 2 saturated carbocycles. The first-order valence-corrected chi connectivity index (χ1v) is 16.3. The van der Waals surface area contributed by atoms with Gasteiger partial charge in [0.15, 0.2) is 0 Å². The summed E-state index contributed by atoms with van der Waals surface area (Å²) in [5.41, 5.74) is 2.82. The largest absolute Gasteiger partial charge is 0.462 e. The minimum Gasteiger partial charge on any atom is -0.462 e. The van der Waals surface area contributed by atoms with Gasteiger partial charge in [0.2, 0.25) is 0 Å². The van der Waals surface area contributed by atoms with Crippen LogP contribution < -0.4 is 0 Å². The molecule has 6 nitrogen and oxygen atoms in total. The van der Waals surface area contributed by atoms with E-state index in [4.69, 9.17) is 19.3 Å². The Bertz CT molecular complexity index is 1010. The first kappa shape index (κ1) is 35.0. The Labute approximate surface area is 258 Å². The number of unbranched alkanes of at least 4 members (excludes halogenated alkanes) is 1. The molecule has 2 fully saturated rings. The third-order valence-corrected chi connectivity index (χ3v) is 9.61. The summed E-state index contributed by atoms with van der Waals surface area (Å²) < 4.78 is 28.1. The van der Waals surface area contributed by atoms with Gasteiger partial charge in [-0.2, -0.15) is 0 Å². The first-order chi connectivity index (χ1) is 20.8. The van der Waals surface area contributed by atoms with E-state index >= 15 is 0 Å². The fourth-order valence-corrected chi connectivity index (χ4v) is 6.83. The van der Waals surface area contributed by atoms with E-state index < -0.39 is 18.5 Å². The number of carbonyl (C=O) groups is 2. The van der Waals surface area contributed by atoms with Crippen LogP contribution in [0.4, 0.5) is 4.39 Å². The molecule has 1 aromatic carbocycles. The lowest BCUT2D eigenvalue weighted by molar-refractivity contribution is -0.144. The second-order valence-electron chi connectivity index (χ2n) is 12.7. The number of alkyl halides is 1. The molecule has 0 heterocycles. The van der Waals surface area contributed by atoms with Crippen LogP contribution in [0.2, 0.25) is 0 Å². The van der Waals surface area contributed by atoms with Crippen LogP contribution >= 0.6 is 0 Å². The van der Waals surface area contributed by atoms with Crippen molar-refractivity contribution in [3.05, 3.63) is 59.7 Å². The lowest BCUT2D eigenvalue weighted by Gasteiger charge is -2.38. The van der Waals surface area contributed by atoms with Crippen LogP contribution in [0.1, 0.15) is 94.1 Å². The maximum absolute atomic E-state index is 12.4. The predicted octanol–water partition coefficient (Wildman–Crippen LogP) is 7.29. The van der Waals surface area contributed by atoms with Gasteiger partial charge in [-0.05, 0) is 92.6 Å². The van der Waals surface area contributed by atoms with E-state index in [0.717, 1.165) is 37.0 Å². The Morgan fingerprint density at radius 3 is 2.02 bits per heavy atom. The van der Waals surface area contributed by atoms with E-state index in [2.05, 4.69) is 37.4 Å². The van der Waals surface area contributed by atoms with Crippen molar-refractivity contribution >= 4 is 11.9 Å². The zero-order valence-corrected chi connectivity index (χ0v) is 26.2. The molecule has 0 aliphatic heterocycles. The summed E-state index contributed by atoms with van der Waals surface area (Å²) in [6.45, 7) is 6.79. The molecule has 1 N–H and O–H groups in total. The summed E-state index contributed by atoms with van der Waals surface area (Å²) in [6.07, 6.45) is 15.0. The topological polar surface area (TPSA) is 82.1 Å². The van der Waals surface area contributed by atoms with Crippen LogP contribution in [-0.2, 0) is 30.2 Å². The number of hydrogen-bond donors (Lipinski definition) is 1. The molecular formula is C36H53FO6. The average molecular weight is 601 g/mol. The third kappa shape index (κ3) is 11.8. The van der Waals surface area contributed by atoms with Crippen LogP contribution in [0.3, 0.4) is 0 Å². The van der Waals surface area contributed by atoms with Gasteiger partial charge in [-0.3, -0.25) is 4.39 Å². The van der Waals surface area contributed by atoms with Gasteiger partial charge in [-0.1, -0.05) is 63.1 Å². The number of halogens is 1. The number of rotatable bonds is 18. The molecule has 0 amide bonds. The predicted molar refractivity (Wildman–Crippen MR) is 167 cm³/mol. The summed E-state index contributed by atoms with van der Waals surface area (Å²) in [7, 11) is 1.48. The maximum Gasteiger partial charge on any atom is 0.335 e. The average Bonchev–Trinajstić information content (AvgIpc) is 3.04. The summed E-state index contributed by atoms with van der Waals surface area (Å²) in [5, 5.41) is 9.14. The van der Waals surface area contributed by atoms with Gasteiger partial charge >= 0.3 is 11.9 Å². The molecule has 240 valence electrons. The van der Waals surface area contributed by atoms with E-state index in [1.54, 1.807) is 0 Å². The van der Waals surface area contributed by atoms with Gasteiger partial charge in [0.05, 0.1) is 44.2 Å². The van der Waals surface area contributed by atoms with Gasteiger partial charge in [0.1, 0.15) is 0 Å². The number of methoxy groups -OCH3 is 1. The van der Waals surface area contributed by atoms with Crippen molar-refractivity contribution in [2.24, 2.45) is 23.7 Å². The number of aliphatic hydroxyl groups excluding tert-OH is 1. The van der Waals surface area contributed by atoms with Gasteiger partial charge in [-0.15, -0.1) is 0 Å². The quantitative estimate of drug-likeness (QED) is 0.108. The van der Waals surface area contributed by atoms with Gasteiger partial charge < -0.3 is 19.3 Å². The van der Waals surface area contributed by atoms with Crippen molar-refractivity contribution in [3.63, 3.8) is 0 Å². The highest BCUT2D eigenvalue weighted by molar-refractivity contribution is 5.88. The Kier molecular flexibility index (Phi) is 15.5. The zero-order valence-electron chi connectivity index (χ0n) is 26.2. The molecule has 0 saturated heterocycles. The van der Waals surface area contributed by atoms with E-state index in [-0.39, 0.29) is 43.6 Å². The lowest BCUT2D eigenvalue weighted by Crippen LogP contribution is -2.25. The van der Waals surface area contributed by atoms with Crippen molar-refractivity contribution in [2.75, 3.05) is 40.2 Å². The molecule has 1 atom stereocenters. The van der Waals surface area contributed by atoms with Crippen molar-refractivity contribution < 1.29 is 33.3 Å². The van der Waals surface area contributed by atoms with E-state index in [1.807, 2.05) is 0 Å². The highest BCUT2D eigenvalue weighted by atomic mass is 19.1. The van der Waals surface area contributed by atoms with E-state index in [1.165, 1.54) is 76.0 Å². The van der Waals surface area contributed by atoms with Crippen LogP contribution in [0, 0.1) is 23.7 Å². The SMILES string of the molecule is C=C(CO)C(=O)OCC(CCc1ccc(C2CCC(C3CCC(CCCCF)CC3)CC2)cc1)COC(=O)C(=C)COC. The van der Waals surface area contributed by atoms with Crippen LogP contribution in [0.25, 0.3) is 0 Å². The smallest absolute Gasteiger partial charge is 0.335 e. The van der Waals surface area contributed by atoms with E-state index in [0.29, 0.717) is 12.3 Å². The van der Waals surface area contributed by atoms with Crippen LogP contribution in [-0.4, -0.2) is 57.3 Å². The summed E-state index contributed by atoms with van der Waals surface area (Å²) in [6, 6.07) is 8.90. The van der Waals surface area contributed by atoms with Crippen molar-refractivity contribution in [1.29, 1.82) is 0 Å². The highest BCUT2D eigenvalue weighted by Gasteiger charge is 2.31. The number of esters is 2. The molecule has 0 spiro atoms. The molecule has 43 heavy (non-hydrogen) atoms. The summed E-state index contributed by atoms with van der Waals surface area (Å²) >= 11 is 0. The Hall–Kier alpha value is -2.51. The molecule has 1 unspecified atom stereocenters. The number of aliphatic hydroxyl groups is 1. The monoisotopic (exact) mass is 600 g/mol. The number of aryl methyl sites for hydroxylation is 1. The standard InChI is InChI=1S/C36H53FO6/c1-26(22-38)35(39)42-24-30(25-43-36(40)27(2)23-41-3)8-7-29-11-15-32(16-12-29)34-19-17-33(18-20-34)31-13-9-28(10-14-31)6-4-5-21-37/h11-12,15-16,28,30-31,33-34,38H,1-2,4-10,13-14,17-25H2,3H3. The van der Waals surface area contributed by atoms with Crippen molar-refractivity contribution in [3.8, 4) is 0 Å². The normalized spacial score (nSPS) is 22.9. The molecule has 3 rings (SSSR count). The molecule has 0 aromatic heterocycles.